The standard InChI is InChI=1S/C9H12N2O4S/c1-15-10-3-2-5-8(9(13)14)11-6(12)4-7(11)16-5/h7,10H,2-4H2,1H3,(H,13,14)/t7-/m1/s1. The van der Waals surface area contributed by atoms with Crippen LogP contribution in [0.1, 0.15) is 12.8 Å². The molecule has 0 saturated carbocycles. The summed E-state index contributed by atoms with van der Waals surface area (Å²) in [5, 5.41) is 9.06. The average molecular weight is 244 g/mol. The summed E-state index contributed by atoms with van der Waals surface area (Å²) >= 11 is 1.46. The molecule has 0 spiro atoms. The third-order valence-electron chi connectivity index (χ3n) is 2.49. The number of nitrogens with one attached hydrogen (secondary N) is 1. The highest BCUT2D eigenvalue weighted by atomic mass is 32.2. The minimum Gasteiger partial charge on any atom is -0.477 e. The first-order valence-corrected chi connectivity index (χ1v) is 5.74. The van der Waals surface area contributed by atoms with Crippen molar-refractivity contribution >= 4 is 23.6 Å². The molecule has 2 N–H and O–H groups in total. The van der Waals surface area contributed by atoms with Crippen LogP contribution in [0.15, 0.2) is 10.6 Å². The van der Waals surface area contributed by atoms with E-state index in [-0.39, 0.29) is 17.0 Å². The van der Waals surface area contributed by atoms with Gasteiger partial charge in [0.1, 0.15) is 5.70 Å². The molecule has 0 aromatic rings. The van der Waals surface area contributed by atoms with Gasteiger partial charge in [-0.1, -0.05) is 0 Å². The van der Waals surface area contributed by atoms with Crippen LogP contribution in [0.4, 0.5) is 0 Å². The fourth-order valence-corrected chi connectivity index (χ4v) is 3.17. The van der Waals surface area contributed by atoms with Crippen molar-refractivity contribution in [3.05, 3.63) is 10.6 Å². The molecule has 7 heteroatoms. The van der Waals surface area contributed by atoms with Crippen LogP contribution >= 0.6 is 11.8 Å². The molecule has 1 saturated heterocycles. The largest absolute Gasteiger partial charge is 0.477 e. The van der Waals surface area contributed by atoms with Crippen molar-refractivity contribution in [2.45, 2.75) is 18.2 Å². The van der Waals surface area contributed by atoms with Crippen molar-refractivity contribution in [1.82, 2.24) is 10.4 Å². The molecule has 1 amide bonds. The fraction of sp³-hybridized carbons (Fsp3) is 0.556. The van der Waals surface area contributed by atoms with Gasteiger partial charge in [-0.25, -0.2) is 10.3 Å². The highest BCUT2D eigenvalue weighted by molar-refractivity contribution is 8.04. The van der Waals surface area contributed by atoms with Crippen molar-refractivity contribution < 1.29 is 19.5 Å². The zero-order valence-electron chi connectivity index (χ0n) is 8.73. The third kappa shape index (κ3) is 1.81. The van der Waals surface area contributed by atoms with Crippen LogP contribution in [0.2, 0.25) is 0 Å². The van der Waals surface area contributed by atoms with Gasteiger partial charge in [0, 0.05) is 11.4 Å². The molecule has 0 aromatic carbocycles. The number of β-lactam (4-membered cyclic amide) rings is 1. The molecule has 0 aliphatic carbocycles. The monoisotopic (exact) mass is 244 g/mol. The smallest absolute Gasteiger partial charge is 0.353 e. The molecule has 0 bridgehead atoms. The van der Waals surface area contributed by atoms with Crippen molar-refractivity contribution in [2.24, 2.45) is 0 Å². The molecule has 0 aromatic heterocycles. The maximum absolute atomic E-state index is 11.3. The number of hydrogen-bond acceptors (Lipinski definition) is 5. The summed E-state index contributed by atoms with van der Waals surface area (Å²) in [6.07, 6.45) is 0.989. The summed E-state index contributed by atoms with van der Waals surface area (Å²) in [7, 11) is 1.50. The summed E-state index contributed by atoms with van der Waals surface area (Å²) < 4.78 is 0. The Balaban J connectivity index is 2.09. The van der Waals surface area contributed by atoms with Crippen molar-refractivity contribution in [3.63, 3.8) is 0 Å². The zero-order valence-corrected chi connectivity index (χ0v) is 9.54. The number of fused-ring (bicyclic) bond motifs is 1. The molecule has 88 valence electrons. The van der Waals surface area contributed by atoms with E-state index in [1.807, 2.05) is 0 Å². The Bertz CT molecular complexity index is 369. The van der Waals surface area contributed by atoms with Gasteiger partial charge in [-0.15, -0.1) is 11.8 Å². The van der Waals surface area contributed by atoms with Crippen LogP contribution < -0.4 is 5.48 Å². The number of carbonyl (C=O) groups is 2. The van der Waals surface area contributed by atoms with Crippen LogP contribution in [0.25, 0.3) is 0 Å². The molecule has 2 rings (SSSR count). The van der Waals surface area contributed by atoms with Crippen LogP contribution in [-0.4, -0.2) is 40.9 Å². The van der Waals surface area contributed by atoms with Gasteiger partial charge in [-0.05, 0) is 6.42 Å². The van der Waals surface area contributed by atoms with Crippen LogP contribution in [0.5, 0.6) is 0 Å². The first kappa shape index (κ1) is 11.4. The topological polar surface area (TPSA) is 78.9 Å². The van der Waals surface area contributed by atoms with E-state index in [4.69, 9.17) is 5.11 Å². The van der Waals surface area contributed by atoms with Crippen LogP contribution in [0, 0.1) is 0 Å². The predicted molar refractivity (Wildman–Crippen MR) is 57.1 cm³/mol. The molecular weight excluding hydrogens is 232 g/mol. The number of amides is 1. The Kier molecular flexibility index (Phi) is 3.17. The number of hydrogen-bond donors (Lipinski definition) is 2. The minimum atomic E-state index is -1.03. The Labute approximate surface area is 96.6 Å². The first-order chi connectivity index (χ1) is 7.65. The number of hydroxylamine groups is 1. The average Bonchev–Trinajstić information content (AvgIpc) is 2.52. The van der Waals surface area contributed by atoms with Crippen molar-refractivity contribution in [1.29, 1.82) is 0 Å². The molecule has 2 aliphatic rings. The van der Waals surface area contributed by atoms with E-state index in [2.05, 4.69) is 10.3 Å². The first-order valence-electron chi connectivity index (χ1n) is 4.86. The SMILES string of the molecule is CONCCC1=C(C(=O)O)N2C(=O)C[C@H]2S1. The van der Waals surface area contributed by atoms with Gasteiger partial charge in [0.2, 0.25) is 5.91 Å². The van der Waals surface area contributed by atoms with E-state index in [0.717, 1.165) is 4.91 Å². The second kappa shape index (κ2) is 4.44. The molecule has 0 unspecified atom stereocenters. The highest BCUT2D eigenvalue weighted by Crippen LogP contribution is 2.47. The highest BCUT2D eigenvalue weighted by Gasteiger charge is 2.47. The Morgan fingerprint density at radius 2 is 2.50 bits per heavy atom. The third-order valence-corrected chi connectivity index (χ3v) is 3.82. The molecule has 2 heterocycles. The molecule has 0 radical (unpaired) electrons. The van der Waals surface area contributed by atoms with E-state index in [1.54, 1.807) is 0 Å². The van der Waals surface area contributed by atoms with Gasteiger partial charge < -0.3 is 9.94 Å². The number of carbonyl (C=O) groups excluding carboxylic acids is 1. The van der Waals surface area contributed by atoms with Gasteiger partial charge in [-0.3, -0.25) is 9.69 Å². The van der Waals surface area contributed by atoms with Gasteiger partial charge >= 0.3 is 5.97 Å². The van der Waals surface area contributed by atoms with Crippen molar-refractivity contribution in [2.75, 3.05) is 13.7 Å². The molecular formula is C9H12N2O4S. The Morgan fingerprint density at radius 1 is 1.75 bits per heavy atom. The van der Waals surface area contributed by atoms with E-state index in [1.165, 1.54) is 23.8 Å². The second-order valence-electron chi connectivity index (χ2n) is 3.47. The Morgan fingerprint density at radius 3 is 3.06 bits per heavy atom. The lowest BCUT2D eigenvalue weighted by Gasteiger charge is -2.33. The van der Waals surface area contributed by atoms with E-state index in [9.17, 15) is 9.59 Å². The zero-order chi connectivity index (χ0) is 11.7. The number of carboxylic acid groups (broad SMARTS) is 1. The summed E-state index contributed by atoms with van der Waals surface area (Å²) in [6.45, 7) is 0.532. The molecule has 1 fully saturated rings. The molecule has 1 atom stereocenters. The van der Waals surface area contributed by atoms with Crippen LogP contribution in [0.3, 0.4) is 0 Å². The normalized spacial score (nSPS) is 23.4. The number of nitrogens with zero attached hydrogens (tertiary/aromatic N) is 1. The van der Waals surface area contributed by atoms with Gasteiger partial charge in [0.25, 0.3) is 0 Å². The lowest BCUT2D eigenvalue weighted by Crippen LogP contribution is -2.48. The number of rotatable bonds is 5. The maximum atomic E-state index is 11.3. The molecule has 6 nitrogen and oxygen atoms in total. The van der Waals surface area contributed by atoms with E-state index < -0.39 is 5.97 Å². The lowest BCUT2D eigenvalue weighted by molar-refractivity contribution is -0.145. The molecule has 2 aliphatic heterocycles. The summed E-state index contributed by atoms with van der Waals surface area (Å²) in [6, 6.07) is 0. The minimum absolute atomic E-state index is 0.00357. The van der Waals surface area contributed by atoms with Gasteiger partial charge in [0.05, 0.1) is 18.9 Å². The number of carboxylic acids is 1. The van der Waals surface area contributed by atoms with Crippen LogP contribution in [-0.2, 0) is 14.4 Å². The van der Waals surface area contributed by atoms with Gasteiger partial charge in [-0.2, -0.15) is 0 Å². The maximum Gasteiger partial charge on any atom is 0.353 e. The van der Waals surface area contributed by atoms with Crippen molar-refractivity contribution in [3.8, 4) is 0 Å². The van der Waals surface area contributed by atoms with E-state index >= 15 is 0 Å². The lowest BCUT2D eigenvalue weighted by atomic mass is 10.1. The molecule has 16 heavy (non-hydrogen) atoms. The summed E-state index contributed by atoms with van der Waals surface area (Å²) in [5.41, 5.74) is 2.79. The summed E-state index contributed by atoms with van der Waals surface area (Å²) in [4.78, 5) is 29.1. The van der Waals surface area contributed by atoms with Gasteiger partial charge in [0.15, 0.2) is 0 Å². The van der Waals surface area contributed by atoms with E-state index in [0.29, 0.717) is 19.4 Å². The fourth-order valence-electron chi connectivity index (χ4n) is 1.77. The summed E-state index contributed by atoms with van der Waals surface area (Å²) in [5.74, 6) is -1.14. The quantitative estimate of drug-likeness (QED) is 0.406. The Hall–Kier alpha value is -1.05. The number of thioether (sulfide) groups is 1. The predicted octanol–water partition coefficient (Wildman–Crippen LogP) is 0.129. The number of aliphatic carboxylic acids is 1. The second-order valence-corrected chi connectivity index (χ2v) is 4.74.